The molecule has 2 aromatic rings. The number of aromatic nitrogens is 1. The molecule has 0 spiro atoms. The van der Waals surface area contributed by atoms with Gasteiger partial charge in [0.2, 0.25) is 5.89 Å². The fourth-order valence-corrected chi connectivity index (χ4v) is 1.72. The quantitative estimate of drug-likeness (QED) is 0.825. The Kier molecular flexibility index (Phi) is 5.04. The van der Waals surface area contributed by atoms with Crippen molar-refractivity contribution in [3.8, 4) is 23.0 Å². The van der Waals surface area contributed by atoms with Crippen LogP contribution in [0.2, 0.25) is 0 Å². The SMILES string of the molecule is CCOC(=O)c1coc(-c2ccc(O)c(OCC(C)C)c2)n1. The number of hydrogen-bond donors (Lipinski definition) is 1. The maximum Gasteiger partial charge on any atom is 0.360 e. The molecule has 1 heterocycles. The molecular formula is C16H19NO5. The molecule has 0 saturated heterocycles. The molecule has 0 radical (unpaired) electrons. The van der Waals surface area contributed by atoms with E-state index in [4.69, 9.17) is 13.9 Å². The third-order valence-corrected chi connectivity index (χ3v) is 2.77. The average molecular weight is 305 g/mol. The van der Waals surface area contributed by atoms with E-state index >= 15 is 0 Å². The normalized spacial score (nSPS) is 10.7. The summed E-state index contributed by atoms with van der Waals surface area (Å²) in [5.74, 6) is 0.453. The molecule has 1 N–H and O–H groups in total. The number of benzene rings is 1. The number of carbonyl (C=O) groups excluding carboxylic acids is 1. The molecule has 0 fully saturated rings. The minimum Gasteiger partial charge on any atom is -0.504 e. The highest BCUT2D eigenvalue weighted by Crippen LogP contribution is 2.31. The van der Waals surface area contributed by atoms with Crippen molar-refractivity contribution in [2.45, 2.75) is 20.8 Å². The fourth-order valence-electron chi connectivity index (χ4n) is 1.72. The van der Waals surface area contributed by atoms with E-state index in [0.717, 1.165) is 0 Å². The van der Waals surface area contributed by atoms with Crippen molar-refractivity contribution in [1.29, 1.82) is 0 Å². The number of hydrogen-bond acceptors (Lipinski definition) is 6. The largest absolute Gasteiger partial charge is 0.504 e. The molecule has 0 aliphatic rings. The van der Waals surface area contributed by atoms with Crippen LogP contribution in [-0.2, 0) is 4.74 Å². The van der Waals surface area contributed by atoms with Crippen LogP contribution in [-0.4, -0.2) is 29.3 Å². The van der Waals surface area contributed by atoms with E-state index in [1.165, 1.54) is 12.3 Å². The van der Waals surface area contributed by atoms with Crippen LogP contribution in [0.1, 0.15) is 31.3 Å². The number of phenolic OH excluding ortho intramolecular Hbond substituents is 1. The van der Waals surface area contributed by atoms with Gasteiger partial charge >= 0.3 is 5.97 Å². The molecule has 0 amide bonds. The van der Waals surface area contributed by atoms with Crippen molar-refractivity contribution < 1.29 is 23.8 Å². The van der Waals surface area contributed by atoms with Crippen molar-refractivity contribution in [1.82, 2.24) is 4.98 Å². The van der Waals surface area contributed by atoms with Gasteiger partial charge in [-0.3, -0.25) is 0 Å². The molecule has 0 atom stereocenters. The van der Waals surface area contributed by atoms with E-state index in [2.05, 4.69) is 4.98 Å². The summed E-state index contributed by atoms with van der Waals surface area (Å²) in [5, 5.41) is 9.81. The Morgan fingerprint density at radius 1 is 1.41 bits per heavy atom. The number of ether oxygens (including phenoxy) is 2. The Bertz CT molecular complexity index is 648. The zero-order chi connectivity index (χ0) is 16.1. The Balaban J connectivity index is 2.22. The number of carbonyl (C=O) groups is 1. The Hall–Kier alpha value is -2.50. The Labute approximate surface area is 128 Å². The van der Waals surface area contributed by atoms with Gasteiger partial charge in [0.1, 0.15) is 6.26 Å². The van der Waals surface area contributed by atoms with E-state index in [9.17, 15) is 9.90 Å². The van der Waals surface area contributed by atoms with Crippen LogP contribution in [0.4, 0.5) is 0 Å². The lowest BCUT2D eigenvalue weighted by molar-refractivity contribution is 0.0519. The second-order valence-corrected chi connectivity index (χ2v) is 5.15. The van der Waals surface area contributed by atoms with Gasteiger partial charge in [0.15, 0.2) is 17.2 Å². The first-order chi connectivity index (χ1) is 10.5. The number of oxazole rings is 1. The lowest BCUT2D eigenvalue weighted by atomic mass is 10.2. The number of aromatic hydroxyl groups is 1. The molecule has 6 nitrogen and oxygen atoms in total. The van der Waals surface area contributed by atoms with E-state index in [1.807, 2.05) is 13.8 Å². The zero-order valence-corrected chi connectivity index (χ0v) is 12.8. The predicted octanol–water partition coefficient (Wildman–Crippen LogP) is 3.26. The minimum atomic E-state index is -0.535. The Morgan fingerprint density at radius 2 is 2.18 bits per heavy atom. The van der Waals surface area contributed by atoms with Crippen molar-refractivity contribution in [2.24, 2.45) is 5.92 Å². The highest BCUT2D eigenvalue weighted by Gasteiger charge is 2.15. The second kappa shape index (κ2) is 6.98. The van der Waals surface area contributed by atoms with Gasteiger partial charge in [0.05, 0.1) is 13.2 Å². The van der Waals surface area contributed by atoms with Gasteiger partial charge in [-0.05, 0) is 31.0 Å². The molecular weight excluding hydrogens is 286 g/mol. The summed E-state index contributed by atoms with van der Waals surface area (Å²) < 4.78 is 15.7. The van der Waals surface area contributed by atoms with Crippen LogP contribution in [0.3, 0.4) is 0 Å². The van der Waals surface area contributed by atoms with Crippen molar-refractivity contribution >= 4 is 5.97 Å². The third-order valence-electron chi connectivity index (χ3n) is 2.77. The van der Waals surface area contributed by atoms with Crippen molar-refractivity contribution in [3.05, 3.63) is 30.2 Å². The molecule has 0 unspecified atom stereocenters. The summed E-state index contributed by atoms with van der Waals surface area (Å²) in [7, 11) is 0. The molecule has 1 aromatic heterocycles. The van der Waals surface area contributed by atoms with Crippen LogP contribution in [0.25, 0.3) is 11.5 Å². The smallest absolute Gasteiger partial charge is 0.360 e. The molecule has 0 aliphatic heterocycles. The lowest BCUT2D eigenvalue weighted by Gasteiger charge is -2.10. The van der Waals surface area contributed by atoms with E-state index in [-0.39, 0.29) is 23.9 Å². The molecule has 22 heavy (non-hydrogen) atoms. The van der Waals surface area contributed by atoms with E-state index in [0.29, 0.717) is 23.8 Å². The van der Waals surface area contributed by atoms with Crippen LogP contribution < -0.4 is 4.74 Å². The topological polar surface area (TPSA) is 81.8 Å². The molecule has 0 aliphatic carbocycles. The lowest BCUT2D eigenvalue weighted by Crippen LogP contribution is -2.05. The maximum absolute atomic E-state index is 11.6. The van der Waals surface area contributed by atoms with Crippen LogP contribution in [0, 0.1) is 5.92 Å². The number of esters is 1. The van der Waals surface area contributed by atoms with Gasteiger partial charge < -0.3 is 19.0 Å². The van der Waals surface area contributed by atoms with Gasteiger partial charge in [0.25, 0.3) is 0 Å². The van der Waals surface area contributed by atoms with Crippen LogP contribution in [0.5, 0.6) is 11.5 Å². The molecule has 2 rings (SSSR count). The predicted molar refractivity (Wildman–Crippen MR) is 79.9 cm³/mol. The fraction of sp³-hybridized carbons (Fsp3) is 0.375. The third kappa shape index (κ3) is 3.78. The summed E-state index contributed by atoms with van der Waals surface area (Å²) in [6.45, 7) is 6.50. The van der Waals surface area contributed by atoms with Crippen LogP contribution in [0.15, 0.2) is 28.9 Å². The second-order valence-electron chi connectivity index (χ2n) is 5.15. The first-order valence-corrected chi connectivity index (χ1v) is 7.10. The maximum atomic E-state index is 11.6. The molecule has 118 valence electrons. The van der Waals surface area contributed by atoms with Crippen LogP contribution >= 0.6 is 0 Å². The van der Waals surface area contributed by atoms with Crippen molar-refractivity contribution in [3.63, 3.8) is 0 Å². The summed E-state index contributed by atoms with van der Waals surface area (Å²) in [6, 6.07) is 4.76. The van der Waals surface area contributed by atoms with Gasteiger partial charge in [-0.1, -0.05) is 13.8 Å². The molecule has 6 heteroatoms. The summed E-state index contributed by atoms with van der Waals surface area (Å²) in [6.07, 6.45) is 1.24. The van der Waals surface area contributed by atoms with Gasteiger partial charge in [0, 0.05) is 5.56 Å². The summed E-state index contributed by atoms with van der Waals surface area (Å²) >= 11 is 0. The van der Waals surface area contributed by atoms with Gasteiger partial charge in [-0.15, -0.1) is 0 Å². The molecule has 0 bridgehead atoms. The first kappa shape index (κ1) is 15.9. The first-order valence-electron chi connectivity index (χ1n) is 7.10. The highest BCUT2D eigenvalue weighted by molar-refractivity contribution is 5.87. The molecule has 1 aromatic carbocycles. The Morgan fingerprint density at radius 3 is 2.86 bits per heavy atom. The van der Waals surface area contributed by atoms with Crippen molar-refractivity contribution in [2.75, 3.05) is 13.2 Å². The standard InChI is InChI=1S/C16H19NO5/c1-4-20-16(19)12-9-22-15(17-12)11-5-6-13(18)14(7-11)21-8-10(2)3/h5-7,9-10,18H,4,8H2,1-3H3. The monoisotopic (exact) mass is 305 g/mol. The summed E-state index contributed by atoms with van der Waals surface area (Å²) in [5.41, 5.74) is 0.710. The van der Waals surface area contributed by atoms with E-state index in [1.54, 1.807) is 19.1 Å². The highest BCUT2D eigenvalue weighted by atomic mass is 16.5. The average Bonchev–Trinajstić information content (AvgIpc) is 2.96. The van der Waals surface area contributed by atoms with Gasteiger partial charge in [-0.25, -0.2) is 9.78 Å². The van der Waals surface area contributed by atoms with Gasteiger partial charge in [-0.2, -0.15) is 0 Å². The number of nitrogens with zero attached hydrogens (tertiary/aromatic N) is 1. The zero-order valence-electron chi connectivity index (χ0n) is 12.8. The van der Waals surface area contributed by atoms with E-state index < -0.39 is 5.97 Å². The number of phenols is 1. The minimum absolute atomic E-state index is 0.0431. The summed E-state index contributed by atoms with van der Waals surface area (Å²) in [4.78, 5) is 15.7. The molecule has 0 saturated carbocycles. The number of rotatable bonds is 6.